The minimum atomic E-state index is 0.448. The molecule has 3 rings (SSSR count). The minimum Gasteiger partial charge on any atom is -0.384 e. The van der Waals surface area contributed by atoms with Crippen LogP contribution in [0.2, 0.25) is 0 Å². The average molecular weight is 231 g/mol. The lowest BCUT2D eigenvalue weighted by Crippen LogP contribution is -2.18. The van der Waals surface area contributed by atoms with Gasteiger partial charge in [0, 0.05) is 24.8 Å². The highest BCUT2D eigenvalue weighted by Crippen LogP contribution is 2.22. The van der Waals surface area contributed by atoms with Gasteiger partial charge in [-0.05, 0) is 30.1 Å². The third-order valence-corrected chi connectivity index (χ3v) is 2.83. The van der Waals surface area contributed by atoms with Gasteiger partial charge in [0.1, 0.15) is 5.82 Å². The highest BCUT2D eigenvalue weighted by molar-refractivity contribution is 5.57. The van der Waals surface area contributed by atoms with Gasteiger partial charge in [-0.1, -0.05) is 0 Å². The Morgan fingerprint density at radius 1 is 1.29 bits per heavy atom. The van der Waals surface area contributed by atoms with Crippen LogP contribution in [-0.2, 0) is 0 Å². The van der Waals surface area contributed by atoms with Crippen molar-refractivity contribution in [1.29, 1.82) is 0 Å². The number of nitrogens with zero attached hydrogens (tertiary/aromatic N) is 4. The second-order valence-electron chi connectivity index (χ2n) is 4.06. The van der Waals surface area contributed by atoms with Crippen LogP contribution < -0.4 is 10.6 Å². The van der Waals surface area contributed by atoms with Gasteiger partial charge in [-0.2, -0.15) is 4.98 Å². The van der Waals surface area contributed by atoms with E-state index >= 15 is 0 Å². The molecule has 1 fully saturated rings. The van der Waals surface area contributed by atoms with Gasteiger partial charge in [-0.15, -0.1) is 0 Å². The average Bonchev–Trinajstić information content (AvgIpc) is 3.00. The molecular formula is C11H13N5O. The lowest BCUT2D eigenvalue weighted by molar-refractivity contribution is 0.430. The van der Waals surface area contributed by atoms with E-state index < -0.39 is 0 Å². The summed E-state index contributed by atoms with van der Waals surface area (Å²) in [6.07, 6.45) is 4.00. The Hall–Kier alpha value is -2.11. The summed E-state index contributed by atoms with van der Waals surface area (Å²) in [6.45, 7) is 1.99. The predicted molar refractivity (Wildman–Crippen MR) is 63.4 cm³/mol. The van der Waals surface area contributed by atoms with Gasteiger partial charge in [-0.3, -0.25) is 0 Å². The molecule has 6 heteroatoms. The van der Waals surface area contributed by atoms with Crippen LogP contribution in [0.5, 0.6) is 0 Å². The monoisotopic (exact) mass is 231 g/mol. The van der Waals surface area contributed by atoms with E-state index in [4.69, 9.17) is 10.3 Å². The van der Waals surface area contributed by atoms with Gasteiger partial charge in [0.15, 0.2) is 0 Å². The molecule has 0 aromatic carbocycles. The topological polar surface area (TPSA) is 81.1 Å². The molecule has 1 aliphatic rings. The van der Waals surface area contributed by atoms with Gasteiger partial charge in [0.25, 0.3) is 11.8 Å². The van der Waals surface area contributed by atoms with E-state index in [0.29, 0.717) is 17.7 Å². The van der Waals surface area contributed by atoms with E-state index in [-0.39, 0.29) is 0 Å². The van der Waals surface area contributed by atoms with Crippen LogP contribution in [0.15, 0.2) is 22.9 Å². The zero-order chi connectivity index (χ0) is 11.7. The van der Waals surface area contributed by atoms with E-state index in [9.17, 15) is 0 Å². The van der Waals surface area contributed by atoms with E-state index in [1.807, 2.05) is 0 Å². The summed E-state index contributed by atoms with van der Waals surface area (Å²) in [5.41, 5.74) is 6.41. The first kappa shape index (κ1) is 10.1. The molecule has 1 aliphatic heterocycles. The van der Waals surface area contributed by atoms with Crippen molar-refractivity contribution in [3.63, 3.8) is 0 Å². The van der Waals surface area contributed by atoms with E-state index in [0.717, 1.165) is 18.7 Å². The second kappa shape index (κ2) is 4.04. The van der Waals surface area contributed by atoms with Gasteiger partial charge >= 0.3 is 0 Å². The third kappa shape index (κ3) is 1.93. The fourth-order valence-electron chi connectivity index (χ4n) is 1.96. The molecule has 0 spiro atoms. The van der Waals surface area contributed by atoms with Gasteiger partial charge in [0.05, 0.1) is 0 Å². The zero-order valence-corrected chi connectivity index (χ0v) is 9.33. The van der Waals surface area contributed by atoms with Crippen molar-refractivity contribution in [1.82, 2.24) is 15.1 Å². The number of rotatable bonds is 2. The molecule has 0 bridgehead atoms. The highest BCUT2D eigenvalue weighted by Gasteiger charge is 2.18. The molecule has 6 nitrogen and oxygen atoms in total. The number of aromatic nitrogens is 3. The first-order chi connectivity index (χ1) is 8.33. The van der Waals surface area contributed by atoms with Crippen LogP contribution in [0, 0.1) is 0 Å². The quantitative estimate of drug-likeness (QED) is 0.839. The first-order valence-electron chi connectivity index (χ1n) is 5.63. The van der Waals surface area contributed by atoms with Crippen molar-refractivity contribution in [3.8, 4) is 11.5 Å². The molecule has 2 aromatic heterocycles. The molecule has 0 amide bonds. The van der Waals surface area contributed by atoms with Crippen LogP contribution in [0.4, 0.5) is 11.8 Å². The summed E-state index contributed by atoms with van der Waals surface area (Å²) < 4.78 is 5.23. The number of hydrogen-bond donors (Lipinski definition) is 1. The molecule has 0 aliphatic carbocycles. The maximum Gasteiger partial charge on any atom is 0.266 e. The van der Waals surface area contributed by atoms with Gasteiger partial charge in [0.2, 0.25) is 0 Å². The first-order valence-corrected chi connectivity index (χ1v) is 5.63. The molecule has 0 saturated carbocycles. The summed E-state index contributed by atoms with van der Waals surface area (Å²) in [5, 5.41) is 3.98. The molecule has 0 atom stereocenters. The molecule has 0 radical (unpaired) electrons. The van der Waals surface area contributed by atoms with Gasteiger partial charge in [-0.25, -0.2) is 4.98 Å². The standard InChI is InChI=1S/C11H13N5O/c12-9-7-8(3-4-13-9)10-14-11(15-17-10)16-5-1-2-6-16/h3-4,7H,1-2,5-6H2,(H2,12,13). The highest BCUT2D eigenvalue weighted by atomic mass is 16.5. The van der Waals surface area contributed by atoms with Crippen molar-refractivity contribution >= 4 is 11.8 Å². The predicted octanol–water partition coefficient (Wildman–Crippen LogP) is 1.31. The summed E-state index contributed by atoms with van der Waals surface area (Å²) in [5.74, 6) is 1.59. The second-order valence-corrected chi connectivity index (χ2v) is 4.06. The third-order valence-electron chi connectivity index (χ3n) is 2.83. The van der Waals surface area contributed by atoms with Gasteiger partial charge < -0.3 is 15.2 Å². The Morgan fingerprint density at radius 2 is 2.12 bits per heavy atom. The Labute approximate surface area is 98.4 Å². The van der Waals surface area contributed by atoms with Crippen molar-refractivity contribution in [2.45, 2.75) is 12.8 Å². The number of anilines is 2. The van der Waals surface area contributed by atoms with Crippen LogP contribution in [0.1, 0.15) is 12.8 Å². The molecule has 88 valence electrons. The number of nitrogen functional groups attached to an aromatic ring is 1. The molecule has 1 saturated heterocycles. The summed E-state index contributed by atoms with van der Waals surface area (Å²) >= 11 is 0. The van der Waals surface area contributed by atoms with E-state index in [1.54, 1.807) is 18.3 Å². The van der Waals surface area contributed by atoms with Crippen LogP contribution in [0.3, 0.4) is 0 Å². The number of hydrogen-bond acceptors (Lipinski definition) is 6. The van der Waals surface area contributed by atoms with Crippen molar-refractivity contribution in [3.05, 3.63) is 18.3 Å². The van der Waals surface area contributed by atoms with Crippen LogP contribution in [0.25, 0.3) is 11.5 Å². The molecule has 2 aromatic rings. The molecular weight excluding hydrogens is 218 g/mol. The van der Waals surface area contributed by atoms with Crippen molar-refractivity contribution < 1.29 is 4.52 Å². The number of nitrogens with two attached hydrogens (primary N) is 1. The lowest BCUT2D eigenvalue weighted by atomic mass is 10.2. The largest absolute Gasteiger partial charge is 0.384 e. The van der Waals surface area contributed by atoms with E-state index in [2.05, 4.69) is 20.0 Å². The smallest absolute Gasteiger partial charge is 0.266 e. The SMILES string of the molecule is Nc1cc(-c2nc(N3CCCC3)no2)ccn1. The Balaban J connectivity index is 1.89. The fourth-order valence-corrected chi connectivity index (χ4v) is 1.96. The van der Waals surface area contributed by atoms with E-state index in [1.165, 1.54) is 12.8 Å². The normalized spacial score (nSPS) is 15.4. The van der Waals surface area contributed by atoms with Crippen molar-refractivity contribution in [2.75, 3.05) is 23.7 Å². The summed E-state index contributed by atoms with van der Waals surface area (Å²) in [4.78, 5) is 10.4. The van der Waals surface area contributed by atoms with Crippen LogP contribution in [-0.4, -0.2) is 28.2 Å². The van der Waals surface area contributed by atoms with Crippen molar-refractivity contribution in [2.24, 2.45) is 0 Å². The Bertz CT molecular complexity index is 518. The Kier molecular flexibility index (Phi) is 2.40. The Morgan fingerprint density at radius 3 is 2.88 bits per heavy atom. The van der Waals surface area contributed by atoms with Crippen LogP contribution >= 0.6 is 0 Å². The molecule has 2 N–H and O–H groups in total. The maximum absolute atomic E-state index is 5.61. The zero-order valence-electron chi connectivity index (χ0n) is 9.33. The molecule has 0 unspecified atom stereocenters. The fraction of sp³-hybridized carbons (Fsp3) is 0.364. The summed E-state index contributed by atoms with van der Waals surface area (Å²) in [6, 6.07) is 3.53. The maximum atomic E-state index is 5.61. The lowest BCUT2D eigenvalue weighted by Gasteiger charge is -2.09. The minimum absolute atomic E-state index is 0.448. The molecule has 3 heterocycles. The summed E-state index contributed by atoms with van der Waals surface area (Å²) in [7, 11) is 0. The molecule has 17 heavy (non-hydrogen) atoms. The number of pyridine rings is 1.